The van der Waals surface area contributed by atoms with Crippen molar-refractivity contribution in [1.82, 2.24) is 4.90 Å². The summed E-state index contributed by atoms with van der Waals surface area (Å²) in [6.07, 6.45) is 3.55. The van der Waals surface area contributed by atoms with Crippen LogP contribution in [-0.4, -0.2) is 48.3 Å². The maximum atomic E-state index is 11.3. The highest BCUT2D eigenvalue weighted by Crippen LogP contribution is 2.26. The molecule has 0 spiro atoms. The number of rotatable bonds is 5. The number of benzene rings is 1. The standard InChI is InChI=1S/C16H22N2O3/c19-11-13-2-1-7-18(13)8-9-21-14-4-5-15-12(10-14)3-6-16(20)17-15/h4-5,10,13,19H,1-3,6-9,11H2,(H,17,20). The number of aliphatic hydroxyl groups is 1. The Kier molecular flexibility index (Phi) is 4.41. The van der Waals surface area contributed by atoms with Gasteiger partial charge in [0, 0.05) is 24.7 Å². The first-order valence-corrected chi connectivity index (χ1v) is 7.67. The Bertz CT molecular complexity index is 518. The molecule has 3 rings (SSSR count). The van der Waals surface area contributed by atoms with Crippen molar-refractivity contribution in [2.75, 3.05) is 31.6 Å². The Balaban J connectivity index is 1.53. The number of anilines is 1. The second kappa shape index (κ2) is 6.45. The molecule has 2 heterocycles. The van der Waals surface area contributed by atoms with Crippen molar-refractivity contribution < 1.29 is 14.6 Å². The zero-order chi connectivity index (χ0) is 14.7. The van der Waals surface area contributed by atoms with Crippen LogP contribution >= 0.6 is 0 Å². The number of fused-ring (bicyclic) bond motifs is 1. The van der Waals surface area contributed by atoms with Crippen LogP contribution in [0.15, 0.2) is 18.2 Å². The van der Waals surface area contributed by atoms with Crippen molar-refractivity contribution in [2.45, 2.75) is 31.7 Å². The van der Waals surface area contributed by atoms with Crippen molar-refractivity contribution in [3.63, 3.8) is 0 Å². The molecular formula is C16H22N2O3. The topological polar surface area (TPSA) is 61.8 Å². The fourth-order valence-corrected chi connectivity index (χ4v) is 3.13. The quantitative estimate of drug-likeness (QED) is 0.860. The molecule has 2 N–H and O–H groups in total. The Morgan fingerprint density at radius 1 is 1.38 bits per heavy atom. The van der Waals surface area contributed by atoms with E-state index >= 15 is 0 Å². The highest BCUT2D eigenvalue weighted by Gasteiger charge is 2.23. The molecule has 1 aromatic carbocycles. The van der Waals surface area contributed by atoms with E-state index in [0.717, 1.165) is 49.4 Å². The van der Waals surface area contributed by atoms with Gasteiger partial charge in [0.2, 0.25) is 5.91 Å². The van der Waals surface area contributed by atoms with Crippen molar-refractivity contribution in [3.05, 3.63) is 23.8 Å². The van der Waals surface area contributed by atoms with Crippen LogP contribution in [0.25, 0.3) is 0 Å². The van der Waals surface area contributed by atoms with Crippen LogP contribution in [0.1, 0.15) is 24.8 Å². The van der Waals surface area contributed by atoms with Gasteiger partial charge >= 0.3 is 0 Å². The number of amides is 1. The number of likely N-dealkylation sites (tertiary alicyclic amines) is 1. The van der Waals surface area contributed by atoms with Gasteiger partial charge in [-0.25, -0.2) is 0 Å². The lowest BCUT2D eigenvalue weighted by molar-refractivity contribution is -0.116. The lowest BCUT2D eigenvalue weighted by atomic mass is 10.0. The third-order valence-corrected chi connectivity index (χ3v) is 4.33. The van der Waals surface area contributed by atoms with Crippen molar-refractivity contribution in [3.8, 4) is 5.75 Å². The Morgan fingerprint density at radius 2 is 2.29 bits per heavy atom. The molecule has 1 amide bonds. The van der Waals surface area contributed by atoms with E-state index in [0.29, 0.717) is 19.1 Å². The Morgan fingerprint density at radius 3 is 3.14 bits per heavy atom. The van der Waals surface area contributed by atoms with E-state index in [-0.39, 0.29) is 12.5 Å². The van der Waals surface area contributed by atoms with E-state index in [4.69, 9.17) is 4.74 Å². The number of hydrogen-bond donors (Lipinski definition) is 2. The first-order chi connectivity index (χ1) is 10.3. The fourth-order valence-electron chi connectivity index (χ4n) is 3.13. The van der Waals surface area contributed by atoms with Crippen molar-refractivity contribution in [2.24, 2.45) is 0 Å². The van der Waals surface area contributed by atoms with Crippen LogP contribution in [0.4, 0.5) is 5.69 Å². The molecule has 0 saturated carbocycles. The number of ether oxygens (including phenoxy) is 1. The zero-order valence-electron chi connectivity index (χ0n) is 12.2. The number of aliphatic hydroxyl groups excluding tert-OH is 1. The summed E-state index contributed by atoms with van der Waals surface area (Å²) in [7, 11) is 0. The van der Waals surface area contributed by atoms with Crippen LogP contribution in [0.2, 0.25) is 0 Å². The molecule has 1 saturated heterocycles. The van der Waals surface area contributed by atoms with E-state index in [1.165, 1.54) is 0 Å². The molecule has 1 unspecified atom stereocenters. The Labute approximate surface area is 124 Å². The minimum Gasteiger partial charge on any atom is -0.492 e. The molecule has 2 aliphatic heterocycles. The second-order valence-corrected chi connectivity index (χ2v) is 5.73. The smallest absolute Gasteiger partial charge is 0.224 e. The molecule has 0 aliphatic carbocycles. The van der Waals surface area contributed by atoms with Gasteiger partial charge < -0.3 is 15.2 Å². The van der Waals surface area contributed by atoms with E-state index in [1.807, 2.05) is 18.2 Å². The van der Waals surface area contributed by atoms with Gasteiger partial charge in [-0.1, -0.05) is 0 Å². The van der Waals surface area contributed by atoms with Crippen LogP contribution in [0.3, 0.4) is 0 Å². The maximum Gasteiger partial charge on any atom is 0.224 e. The van der Waals surface area contributed by atoms with E-state index in [2.05, 4.69) is 10.2 Å². The summed E-state index contributed by atoms with van der Waals surface area (Å²) in [6.45, 7) is 2.75. The van der Waals surface area contributed by atoms with Gasteiger partial charge in [-0.05, 0) is 49.6 Å². The lowest BCUT2D eigenvalue weighted by Gasteiger charge is -2.23. The van der Waals surface area contributed by atoms with Gasteiger partial charge in [-0.3, -0.25) is 9.69 Å². The van der Waals surface area contributed by atoms with Gasteiger partial charge in [0.15, 0.2) is 0 Å². The predicted octanol–water partition coefficient (Wildman–Crippen LogP) is 1.41. The highest BCUT2D eigenvalue weighted by atomic mass is 16.5. The average molecular weight is 290 g/mol. The number of aryl methyl sites for hydroxylation is 1. The van der Waals surface area contributed by atoms with Crippen LogP contribution in [0, 0.1) is 0 Å². The third-order valence-electron chi connectivity index (χ3n) is 4.33. The molecule has 1 aromatic rings. The number of carbonyl (C=O) groups is 1. The summed E-state index contributed by atoms with van der Waals surface area (Å²) in [5.74, 6) is 0.935. The lowest BCUT2D eigenvalue weighted by Crippen LogP contribution is -2.35. The van der Waals surface area contributed by atoms with Crippen molar-refractivity contribution in [1.29, 1.82) is 0 Å². The van der Waals surface area contributed by atoms with Crippen LogP contribution < -0.4 is 10.1 Å². The first-order valence-electron chi connectivity index (χ1n) is 7.67. The van der Waals surface area contributed by atoms with Gasteiger partial charge in [0.1, 0.15) is 12.4 Å². The third kappa shape index (κ3) is 3.36. The number of nitrogens with one attached hydrogen (secondary N) is 1. The molecule has 2 aliphatic rings. The summed E-state index contributed by atoms with van der Waals surface area (Å²) in [4.78, 5) is 13.6. The predicted molar refractivity (Wildman–Crippen MR) is 80.6 cm³/mol. The summed E-state index contributed by atoms with van der Waals surface area (Å²) in [6, 6.07) is 6.13. The molecule has 114 valence electrons. The monoisotopic (exact) mass is 290 g/mol. The molecule has 0 aromatic heterocycles. The second-order valence-electron chi connectivity index (χ2n) is 5.73. The van der Waals surface area contributed by atoms with Crippen LogP contribution in [-0.2, 0) is 11.2 Å². The fraction of sp³-hybridized carbons (Fsp3) is 0.562. The van der Waals surface area contributed by atoms with Crippen LogP contribution in [0.5, 0.6) is 5.75 Å². The maximum absolute atomic E-state index is 11.3. The van der Waals surface area contributed by atoms with E-state index in [1.54, 1.807) is 0 Å². The molecule has 5 heteroatoms. The molecule has 1 fully saturated rings. The average Bonchev–Trinajstić information content (AvgIpc) is 2.95. The molecule has 5 nitrogen and oxygen atoms in total. The first kappa shape index (κ1) is 14.4. The highest BCUT2D eigenvalue weighted by molar-refractivity contribution is 5.93. The summed E-state index contributed by atoms with van der Waals surface area (Å²) < 4.78 is 5.82. The molecule has 0 bridgehead atoms. The zero-order valence-corrected chi connectivity index (χ0v) is 12.2. The normalized spacial score (nSPS) is 22.0. The van der Waals surface area contributed by atoms with Gasteiger partial charge in [0.05, 0.1) is 6.61 Å². The summed E-state index contributed by atoms with van der Waals surface area (Å²) in [5, 5.41) is 12.2. The van der Waals surface area contributed by atoms with Gasteiger partial charge in [-0.2, -0.15) is 0 Å². The largest absolute Gasteiger partial charge is 0.492 e. The van der Waals surface area contributed by atoms with E-state index in [9.17, 15) is 9.90 Å². The van der Waals surface area contributed by atoms with Gasteiger partial charge in [0.25, 0.3) is 0 Å². The van der Waals surface area contributed by atoms with Crippen molar-refractivity contribution >= 4 is 11.6 Å². The molecule has 21 heavy (non-hydrogen) atoms. The van der Waals surface area contributed by atoms with Gasteiger partial charge in [-0.15, -0.1) is 0 Å². The number of nitrogens with zero attached hydrogens (tertiary/aromatic N) is 1. The minimum atomic E-state index is 0.0836. The SMILES string of the molecule is O=C1CCc2cc(OCCN3CCCC3CO)ccc2N1. The van der Waals surface area contributed by atoms with E-state index < -0.39 is 0 Å². The Hall–Kier alpha value is -1.59. The summed E-state index contributed by atoms with van der Waals surface area (Å²) >= 11 is 0. The molecule has 0 radical (unpaired) electrons. The molecular weight excluding hydrogens is 268 g/mol. The number of hydrogen-bond acceptors (Lipinski definition) is 4. The minimum absolute atomic E-state index is 0.0836. The number of carbonyl (C=O) groups excluding carboxylic acids is 1. The summed E-state index contributed by atoms with van der Waals surface area (Å²) in [5.41, 5.74) is 2.04. The molecule has 1 atom stereocenters.